The van der Waals surface area contributed by atoms with E-state index < -0.39 is 35.1 Å². The number of halogens is 4. The van der Waals surface area contributed by atoms with E-state index in [1.807, 2.05) is 0 Å². The van der Waals surface area contributed by atoms with E-state index in [-0.39, 0.29) is 25.4 Å². The van der Waals surface area contributed by atoms with Crippen LogP contribution >= 0.6 is 0 Å². The number of hydrogen-bond donors (Lipinski definition) is 1. The highest BCUT2D eigenvalue weighted by Crippen LogP contribution is 2.32. The maximum absolute atomic E-state index is 13.8. The van der Waals surface area contributed by atoms with Crippen molar-refractivity contribution in [3.05, 3.63) is 59.4 Å². The summed E-state index contributed by atoms with van der Waals surface area (Å²) in [7, 11) is 1.54. The van der Waals surface area contributed by atoms with Crippen molar-refractivity contribution in [2.45, 2.75) is 19.1 Å². The third-order valence-corrected chi connectivity index (χ3v) is 4.67. The van der Waals surface area contributed by atoms with Crippen LogP contribution in [0.15, 0.2) is 42.5 Å². The zero-order valence-electron chi connectivity index (χ0n) is 15.4. The highest BCUT2D eigenvalue weighted by Gasteiger charge is 2.35. The standard InChI is InChI=1S/C20H18F4N2O3/c1-29-15-5-2-12(3-6-15)10-26-11-13(8-18(26)27)19(28)25-17-9-14(20(22,23)24)4-7-16(17)21/h2-7,9,13H,8,10-11H2,1H3,(H,25,28). The predicted octanol–water partition coefficient (Wildman–Crippen LogP) is 3.84. The van der Waals surface area contributed by atoms with Gasteiger partial charge in [-0.2, -0.15) is 13.2 Å². The minimum atomic E-state index is -4.66. The van der Waals surface area contributed by atoms with Crippen molar-refractivity contribution in [2.75, 3.05) is 19.0 Å². The molecular weight excluding hydrogens is 392 g/mol. The lowest BCUT2D eigenvalue weighted by molar-refractivity contribution is -0.137. The number of carbonyl (C=O) groups excluding carboxylic acids is 2. The zero-order valence-corrected chi connectivity index (χ0v) is 15.4. The average molecular weight is 410 g/mol. The quantitative estimate of drug-likeness (QED) is 0.762. The molecule has 2 amide bonds. The summed E-state index contributed by atoms with van der Waals surface area (Å²) in [6, 6.07) is 8.86. The maximum atomic E-state index is 13.8. The van der Waals surface area contributed by atoms with E-state index in [1.54, 1.807) is 24.3 Å². The van der Waals surface area contributed by atoms with Gasteiger partial charge in [-0.1, -0.05) is 12.1 Å². The SMILES string of the molecule is COc1ccc(CN2CC(C(=O)Nc3cc(C(F)(F)F)ccc3F)CC2=O)cc1. The third kappa shape index (κ3) is 4.85. The molecule has 0 aromatic heterocycles. The van der Waals surface area contributed by atoms with Crippen molar-refractivity contribution in [1.82, 2.24) is 4.90 Å². The molecule has 1 fully saturated rings. The van der Waals surface area contributed by atoms with Crippen molar-refractivity contribution in [3.8, 4) is 5.75 Å². The number of methoxy groups -OCH3 is 1. The van der Waals surface area contributed by atoms with Gasteiger partial charge < -0.3 is 15.0 Å². The molecule has 0 aliphatic carbocycles. The summed E-state index contributed by atoms with van der Waals surface area (Å²) in [5.74, 6) is -2.05. The smallest absolute Gasteiger partial charge is 0.416 e. The van der Waals surface area contributed by atoms with Crippen molar-refractivity contribution in [1.29, 1.82) is 0 Å². The number of benzene rings is 2. The molecule has 1 atom stereocenters. The van der Waals surface area contributed by atoms with Gasteiger partial charge in [-0.05, 0) is 35.9 Å². The molecule has 5 nitrogen and oxygen atoms in total. The molecule has 0 spiro atoms. The highest BCUT2D eigenvalue weighted by molar-refractivity contribution is 5.97. The number of rotatable bonds is 5. The third-order valence-electron chi connectivity index (χ3n) is 4.67. The van der Waals surface area contributed by atoms with Crippen molar-refractivity contribution in [2.24, 2.45) is 5.92 Å². The van der Waals surface area contributed by atoms with Gasteiger partial charge in [-0.25, -0.2) is 4.39 Å². The fraction of sp³-hybridized carbons (Fsp3) is 0.300. The Labute approximate surface area is 164 Å². The topological polar surface area (TPSA) is 58.6 Å². The maximum Gasteiger partial charge on any atom is 0.416 e. The van der Waals surface area contributed by atoms with Crippen LogP contribution in [0.4, 0.5) is 23.2 Å². The lowest BCUT2D eigenvalue weighted by Gasteiger charge is -2.17. The second-order valence-electron chi connectivity index (χ2n) is 6.71. The second kappa shape index (κ2) is 8.10. The molecule has 1 aliphatic heterocycles. The Balaban J connectivity index is 1.66. The minimum Gasteiger partial charge on any atom is -0.497 e. The normalized spacial score (nSPS) is 16.8. The van der Waals surface area contributed by atoms with Crippen LogP contribution in [0.3, 0.4) is 0 Å². The Kier molecular flexibility index (Phi) is 5.76. The first kappa shape index (κ1) is 20.6. The molecule has 1 unspecified atom stereocenters. The molecule has 0 radical (unpaired) electrons. The van der Waals surface area contributed by atoms with Gasteiger partial charge in [0.25, 0.3) is 0 Å². The molecule has 1 aliphatic rings. The van der Waals surface area contributed by atoms with E-state index in [4.69, 9.17) is 4.74 Å². The Morgan fingerprint density at radius 1 is 1.21 bits per heavy atom. The van der Waals surface area contributed by atoms with Gasteiger partial charge in [0.2, 0.25) is 11.8 Å². The fourth-order valence-electron chi connectivity index (χ4n) is 3.08. The van der Waals surface area contributed by atoms with Gasteiger partial charge in [0.15, 0.2) is 0 Å². The predicted molar refractivity (Wildman–Crippen MR) is 96.5 cm³/mol. The van der Waals surface area contributed by atoms with Crippen molar-refractivity contribution < 1.29 is 31.9 Å². The molecule has 1 heterocycles. The number of likely N-dealkylation sites (tertiary alicyclic amines) is 1. The Bertz CT molecular complexity index is 913. The minimum absolute atomic E-state index is 0.0945. The highest BCUT2D eigenvalue weighted by atomic mass is 19.4. The number of alkyl halides is 3. The summed E-state index contributed by atoms with van der Waals surface area (Å²) in [6.45, 7) is 0.377. The lowest BCUT2D eigenvalue weighted by Crippen LogP contribution is -2.28. The average Bonchev–Trinajstić information content (AvgIpc) is 3.04. The van der Waals surface area contributed by atoms with Crippen LogP contribution in [-0.4, -0.2) is 30.4 Å². The van der Waals surface area contributed by atoms with Gasteiger partial charge in [0, 0.05) is 19.5 Å². The molecule has 2 aromatic rings. The van der Waals surface area contributed by atoms with Gasteiger partial charge >= 0.3 is 6.18 Å². The Morgan fingerprint density at radius 2 is 1.90 bits per heavy atom. The van der Waals surface area contributed by atoms with Crippen LogP contribution in [0.25, 0.3) is 0 Å². The Morgan fingerprint density at radius 3 is 2.52 bits per heavy atom. The number of anilines is 1. The Hall–Kier alpha value is -3.10. The van der Waals surface area contributed by atoms with Gasteiger partial charge in [0.1, 0.15) is 11.6 Å². The first-order valence-corrected chi connectivity index (χ1v) is 8.75. The molecule has 1 N–H and O–H groups in total. The summed E-state index contributed by atoms with van der Waals surface area (Å²) >= 11 is 0. The van der Waals surface area contributed by atoms with Gasteiger partial charge in [0.05, 0.1) is 24.3 Å². The van der Waals surface area contributed by atoms with E-state index in [2.05, 4.69) is 5.32 Å². The van der Waals surface area contributed by atoms with Crippen LogP contribution in [-0.2, 0) is 22.3 Å². The van der Waals surface area contributed by atoms with Crippen LogP contribution in [0.5, 0.6) is 5.75 Å². The van der Waals surface area contributed by atoms with E-state index >= 15 is 0 Å². The van der Waals surface area contributed by atoms with E-state index in [0.717, 1.165) is 5.56 Å². The number of nitrogens with zero attached hydrogens (tertiary/aromatic N) is 1. The van der Waals surface area contributed by atoms with Gasteiger partial charge in [-0.3, -0.25) is 9.59 Å². The fourth-order valence-corrected chi connectivity index (χ4v) is 3.08. The molecule has 0 saturated carbocycles. The number of amides is 2. The molecule has 154 valence electrons. The summed E-state index contributed by atoms with van der Waals surface area (Å²) in [4.78, 5) is 26.1. The number of carbonyl (C=O) groups is 2. The summed E-state index contributed by atoms with van der Waals surface area (Å²) in [5, 5.41) is 2.18. The summed E-state index contributed by atoms with van der Waals surface area (Å²) in [5.41, 5.74) is -0.798. The first-order chi connectivity index (χ1) is 13.7. The molecular formula is C20H18F4N2O3. The summed E-state index contributed by atoms with van der Waals surface area (Å²) in [6.07, 6.45) is -4.76. The van der Waals surface area contributed by atoms with E-state index in [1.165, 1.54) is 12.0 Å². The van der Waals surface area contributed by atoms with Gasteiger partial charge in [-0.15, -0.1) is 0 Å². The molecule has 29 heavy (non-hydrogen) atoms. The summed E-state index contributed by atoms with van der Waals surface area (Å²) < 4.78 is 57.3. The van der Waals surface area contributed by atoms with Crippen LogP contribution < -0.4 is 10.1 Å². The zero-order chi connectivity index (χ0) is 21.2. The number of hydrogen-bond acceptors (Lipinski definition) is 3. The number of nitrogens with one attached hydrogen (secondary N) is 1. The van der Waals surface area contributed by atoms with Crippen LogP contribution in [0, 0.1) is 11.7 Å². The van der Waals surface area contributed by atoms with E-state index in [0.29, 0.717) is 23.9 Å². The molecule has 1 saturated heterocycles. The monoisotopic (exact) mass is 410 g/mol. The molecule has 9 heteroatoms. The van der Waals surface area contributed by atoms with Crippen LogP contribution in [0.1, 0.15) is 17.5 Å². The number of ether oxygens (including phenoxy) is 1. The van der Waals surface area contributed by atoms with Crippen LogP contribution in [0.2, 0.25) is 0 Å². The molecule has 3 rings (SSSR count). The van der Waals surface area contributed by atoms with E-state index in [9.17, 15) is 27.2 Å². The van der Waals surface area contributed by atoms with Crippen molar-refractivity contribution in [3.63, 3.8) is 0 Å². The first-order valence-electron chi connectivity index (χ1n) is 8.75. The second-order valence-corrected chi connectivity index (χ2v) is 6.71. The lowest BCUT2D eigenvalue weighted by atomic mass is 10.1. The van der Waals surface area contributed by atoms with Crippen molar-refractivity contribution >= 4 is 17.5 Å². The molecule has 2 aromatic carbocycles. The molecule has 0 bridgehead atoms. The largest absolute Gasteiger partial charge is 0.497 e.